The molecule has 3 nitrogen and oxygen atoms in total. The molecule has 0 aliphatic heterocycles. The fourth-order valence-corrected chi connectivity index (χ4v) is 3.56. The third kappa shape index (κ3) is 4.31. The lowest BCUT2D eigenvalue weighted by Crippen LogP contribution is -2.32. The molecule has 0 radical (unpaired) electrons. The maximum Gasteiger partial charge on any atom is 0.220 e. The molecule has 1 amide bonds. The molecule has 1 fully saturated rings. The summed E-state index contributed by atoms with van der Waals surface area (Å²) in [6, 6.07) is 4.64. The Kier molecular flexibility index (Phi) is 5.40. The molecule has 1 saturated carbocycles. The van der Waals surface area contributed by atoms with Gasteiger partial charge < -0.3 is 11.1 Å². The number of benzene rings is 1. The van der Waals surface area contributed by atoms with E-state index in [1.54, 1.807) is 0 Å². The molecule has 1 aromatic rings. The summed E-state index contributed by atoms with van der Waals surface area (Å²) in [7, 11) is 0. The van der Waals surface area contributed by atoms with Crippen LogP contribution >= 0.6 is 0 Å². The summed E-state index contributed by atoms with van der Waals surface area (Å²) in [5, 5.41) is 3.05. The molecule has 0 spiro atoms. The molecule has 1 aliphatic rings. The van der Waals surface area contributed by atoms with Gasteiger partial charge in [-0.15, -0.1) is 0 Å². The van der Waals surface area contributed by atoms with Gasteiger partial charge in [0, 0.05) is 19.0 Å². The van der Waals surface area contributed by atoms with Gasteiger partial charge >= 0.3 is 0 Å². The maximum absolute atomic E-state index is 12.0. The Labute approximate surface area is 128 Å². The van der Waals surface area contributed by atoms with Crippen LogP contribution in [0.4, 0.5) is 0 Å². The van der Waals surface area contributed by atoms with Crippen molar-refractivity contribution >= 4 is 5.91 Å². The highest BCUT2D eigenvalue weighted by molar-refractivity contribution is 5.76. The van der Waals surface area contributed by atoms with Gasteiger partial charge in [-0.25, -0.2) is 0 Å². The minimum atomic E-state index is 0.153. The number of carbonyl (C=O) groups excluding carboxylic acids is 1. The first-order valence-electron chi connectivity index (χ1n) is 8.06. The van der Waals surface area contributed by atoms with Gasteiger partial charge in [0.15, 0.2) is 0 Å². The molecule has 0 bridgehead atoms. The highest BCUT2D eigenvalue weighted by Gasteiger charge is 2.25. The number of carbonyl (C=O) groups is 1. The van der Waals surface area contributed by atoms with Gasteiger partial charge in [-0.05, 0) is 62.6 Å². The van der Waals surface area contributed by atoms with Gasteiger partial charge in [-0.3, -0.25) is 4.79 Å². The third-order valence-electron chi connectivity index (χ3n) is 4.70. The highest BCUT2D eigenvalue weighted by atomic mass is 16.1. The van der Waals surface area contributed by atoms with Crippen molar-refractivity contribution in [2.24, 2.45) is 11.7 Å². The van der Waals surface area contributed by atoms with Crippen molar-refractivity contribution in [3.63, 3.8) is 0 Å². The van der Waals surface area contributed by atoms with E-state index in [9.17, 15) is 4.79 Å². The number of aryl methyl sites for hydroxylation is 3. The minimum absolute atomic E-state index is 0.153. The van der Waals surface area contributed by atoms with Crippen LogP contribution in [0.3, 0.4) is 0 Å². The largest absolute Gasteiger partial charge is 0.356 e. The average molecular weight is 288 g/mol. The Bertz CT molecular complexity index is 487. The summed E-state index contributed by atoms with van der Waals surface area (Å²) >= 11 is 0. The molecule has 1 aromatic carbocycles. The summed E-state index contributed by atoms with van der Waals surface area (Å²) in [4.78, 5) is 12.0. The molecule has 0 unspecified atom stereocenters. The van der Waals surface area contributed by atoms with Crippen LogP contribution in [-0.4, -0.2) is 18.5 Å². The van der Waals surface area contributed by atoms with Crippen molar-refractivity contribution in [2.45, 2.75) is 58.9 Å². The van der Waals surface area contributed by atoms with E-state index in [0.29, 0.717) is 18.9 Å². The Morgan fingerprint density at radius 3 is 2.48 bits per heavy atom. The summed E-state index contributed by atoms with van der Waals surface area (Å²) in [6.07, 6.45) is 4.83. The van der Waals surface area contributed by atoms with Crippen LogP contribution in [-0.2, 0) is 11.2 Å². The van der Waals surface area contributed by atoms with E-state index in [-0.39, 0.29) is 11.9 Å². The van der Waals surface area contributed by atoms with Crippen molar-refractivity contribution in [2.75, 3.05) is 6.54 Å². The lowest BCUT2D eigenvalue weighted by atomic mass is 9.97. The quantitative estimate of drug-likeness (QED) is 0.875. The van der Waals surface area contributed by atoms with E-state index in [1.807, 2.05) is 0 Å². The van der Waals surface area contributed by atoms with Crippen molar-refractivity contribution in [1.82, 2.24) is 5.32 Å². The average Bonchev–Trinajstić information content (AvgIpc) is 2.78. The Morgan fingerprint density at radius 1 is 1.24 bits per heavy atom. The van der Waals surface area contributed by atoms with E-state index >= 15 is 0 Å². The van der Waals surface area contributed by atoms with E-state index < -0.39 is 0 Å². The molecule has 2 atom stereocenters. The second kappa shape index (κ2) is 7.08. The number of hydrogen-bond donors (Lipinski definition) is 2. The van der Waals surface area contributed by atoms with Crippen LogP contribution in [0.15, 0.2) is 12.1 Å². The van der Waals surface area contributed by atoms with Crippen molar-refractivity contribution in [3.8, 4) is 0 Å². The summed E-state index contributed by atoms with van der Waals surface area (Å²) in [5.74, 6) is 0.535. The molecule has 2 rings (SSSR count). The first kappa shape index (κ1) is 16.0. The van der Waals surface area contributed by atoms with Crippen molar-refractivity contribution in [3.05, 3.63) is 34.4 Å². The first-order valence-corrected chi connectivity index (χ1v) is 8.06. The summed E-state index contributed by atoms with van der Waals surface area (Å²) < 4.78 is 0. The Morgan fingerprint density at radius 2 is 1.90 bits per heavy atom. The van der Waals surface area contributed by atoms with Crippen molar-refractivity contribution < 1.29 is 4.79 Å². The van der Waals surface area contributed by atoms with Crippen LogP contribution in [0.2, 0.25) is 0 Å². The van der Waals surface area contributed by atoms with Gasteiger partial charge in [0.2, 0.25) is 5.91 Å². The first-order chi connectivity index (χ1) is 9.97. The van der Waals surface area contributed by atoms with Crippen molar-refractivity contribution in [1.29, 1.82) is 0 Å². The van der Waals surface area contributed by atoms with Crippen LogP contribution in [0, 0.1) is 26.7 Å². The molecule has 3 heteroatoms. The monoisotopic (exact) mass is 288 g/mol. The van der Waals surface area contributed by atoms with Crippen LogP contribution in [0.1, 0.15) is 47.9 Å². The van der Waals surface area contributed by atoms with Gasteiger partial charge in [-0.2, -0.15) is 0 Å². The molecule has 0 heterocycles. The molecular formula is C18H28N2O. The summed E-state index contributed by atoms with van der Waals surface area (Å²) in [6.45, 7) is 7.13. The SMILES string of the molecule is Cc1cc(C)c(CCNC(=O)C[C@@H]2CCC[C@H]2N)c(C)c1. The number of hydrogen-bond acceptors (Lipinski definition) is 2. The van der Waals surface area contributed by atoms with Crippen LogP contribution in [0.25, 0.3) is 0 Å². The topological polar surface area (TPSA) is 55.1 Å². The zero-order valence-corrected chi connectivity index (χ0v) is 13.5. The van der Waals surface area contributed by atoms with Gasteiger partial charge in [0.25, 0.3) is 0 Å². The second-order valence-corrected chi connectivity index (χ2v) is 6.54. The number of nitrogens with one attached hydrogen (secondary N) is 1. The molecule has 1 aliphatic carbocycles. The highest BCUT2D eigenvalue weighted by Crippen LogP contribution is 2.26. The zero-order valence-electron chi connectivity index (χ0n) is 13.5. The van der Waals surface area contributed by atoms with E-state index in [2.05, 4.69) is 38.2 Å². The second-order valence-electron chi connectivity index (χ2n) is 6.54. The normalized spacial score (nSPS) is 21.5. The predicted octanol–water partition coefficient (Wildman–Crippen LogP) is 2.79. The molecule has 3 N–H and O–H groups in total. The smallest absolute Gasteiger partial charge is 0.220 e. The number of nitrogens with two attached hydrogens (primary N) is 1. The minimum Gasteiger partial charge on any atom is -0.356 e. The lowest BCUT2D eigenvalue weighted by molar-refractivity contribution is -0.122. The van der Waals surface area contributed by atoms with E-state index in [0.717, 1.165) is 19.3 Å². The Balaban J connectivity index is 1.80. The predicted molar refractivity (Wildman–Crippen MR) is 87.3 cm³/mol. The van der Waals surface area contributed by atoms with Crippen LogP contribution < -0.4 is 11.1 Å². The third-order valence-corrected chi connectivity index (χ3v) is 4.70. The van der Waals surface area contributed by atoms with Gasteiger partial charge in [0.1, 0.15) is 0 Å². The maximum atomic E-state index is 12.0. The van der Waals surface area contributed by atoms with Crippen LogP contribution in [0.5, 0.6) is 0 Å². The fraction of sp³-hybridized carbons (Fsp3) is 0.611. The standard InChI is InChI=1S/C18H28N2O/c1-12-9-13(2)16(14(3)10-12)7-8-20-18(21)11-15-5-4-6-17(15)19/h9-10,15,17H,4-8,11,19H2,1-3H3,(H,20,21)/t15-,17+/m0/s1. The fourth-order valence-electron chi connectivity index (χ4n) is 3.56. The molecular weight excluding hydrogens is 260 g/mol. The number of rotatable bonds is 5. The molecule has 21 heavy (non-hydrogen) atoms. The lowest BCUT2D eigenvalue weighted by Gasteiger charge is -2.15. The van der Waals surface area contributed by atoms with Gasteiger partial charge in [-0.1, -0.05) is 24.1 Å². The van der Waals surface area contributed by atoms with E-state index in [4.69, 9.17) is 5.73 Å². The van der Waals surface area contributed by atoms with Gasteiger partial charge in [0.05, 0.1) is 0 Å². The zero-order chi connectivity index (χ0) is 15.4. The Hall–Kier alpha value is -1.35. The number of amides is 1. The summed E-state index contributed by atoms with van der Waals surface area (Å²) in [5.41, 5.74) is 11.3. The molecule has 116 valence electrons. The molecule has 0 aromatic heterocycles. The van der Waals surface area contributed by atoms with E-state index in [1.165, 1.54) is 28.7 Å². The molecule has 0 saturated heterocycles.